The van der Waals surface area contributed by atoms with Crippen molar-refractivity contribution in [2.75, 3.05) is 7.11 Å². The van der Waals surface area contributed by atoms with Crippen LogP contribution in [-0.2, 0) is 23.9 Å². The number of rotatable bonds is 5. The molecule has 0 bridgehead atoms. The minimum atomic E-state index is -1.16. The maximum absolute atomic E-state index is 12.3. The van der Waals surface area contributed by atoms with Crippen LogP contribution in [0.3, 0.4) is 0 Å². The maximum atomic E-state index is 12.3. The second-order valence-corrected chi connectivity index (χ2v) is 7.22. The quantitative estimate of drug-likeness (QED) is 0.783. The fourth-order valence-electron chi connectivity index (χ4n) is 1.58. The van der Waals surface area contributed by atoms with Gasteiger partial charge in [-0.1, -0.05) is 13.8 Å². The third kappa shape index (κ3) is 6.60. The van der Waals surface area contributed by atoms with Crippen LogP contribution in [0.15, 0.2) is 0 Å². The highest BCUT2D eigenvalue weighted by Crippen LogP contribution is 2.24. The molecule has 0 aliphatic heterocycles. The van der Waals surface area contributed by atoms with Gasteiger partial charge < -0.3 is 14.8 Å². The first-order valence-electron chi connectivity index (χ1n) is 6.84. The van der Waals surface area contributed by atoms with E-state index >= 15 is 0 Å². The molecule has 0 fully saturated rings. The van der Waals surface area contributed by atoms with Crippen LogP contribution < -0.4 is 5.32 Å². The maximum Gasteiger partial charge on any atom is 0.330 e. The molecule has 0 rings (SSSR count). The summed E-state index contributed by atoms with van der Waals surface area (Å²) >= 11 is 0. The molecule has 0 spiro atoms. The van der Waals surface area contributed by atoms with E-state index in [9.17, 15) is 14.4 Å². The van der Waals surface area contributed by atoms with Gasteiger partial charge in [0, 0.05) is 0 Å². The summed E-state index contributed by atoms with van der Waals surface area (Å²) in [6, 6.07) is 0. The first-order valence-corrected chi connectivity index (χ1v) is 6.84. The second kappa shape index (κ2) is 6.45. The Kier molecular flexibility index (Phi) is 5.96. The van der Waals surface area contributed by atoms with Crippen molar-refractivity contribution in [2.45, 2.75) is 66.0 Å². The third-order valence-corrected chi connectivity index (χ3v) is 2.74. The molecule has 21 heavy (non-hydrogen) atoms. The zero-order valence-electron chi connectivity index (χ0n) is 14.2. The standard InChI is InChI=1S/C15H27NO5/c1-13(2,3)21-10(17)9-14(4,5)11(18)16-15(6,7)12(19)20-8/h9H2,1-8H3,(H,16,18). The Labute approximate surface area is 126 Å². The van der Waals surface area contributed by atoms with Crippen molar-refractivity contribution in [3.8, 4) is 0 Å². The number of hydrogen-bond donors (Lipinski definition) is 1. The summed E-state index contributed by atoms with van der Waals surface area (Å²) in [7, 11) is 1.25. The molecule has 0 aromatic heterocycles. The number of nitrogens with one attached hydrogen (secondary N) is 1. The Morgan fingerprint density at radius 2 is 1.43 bits per heavy atom. The van der Waals surface area contributed by atoms with Crippen LogP contribution >= 0.6 is 0 Å². The minimum absolute atomic E-state index is 0.0760. The van der Waals surface area contributed by atoms with E-state index in [1.165, 1.54) is 7.11 Å². The molecule has 0 saturated heterocycles. The molecule has 0 aliphatic rings. The zero-order chi connectivity index (χ0) is 17.1. The van der Waals surface area contributed by atoms with E-state index in [2.05, 4.69) is 10.1 Å². The lowest BCUT2D eigenvalue weighted by Crippen LogP contribution is -2.54. The van der Waals surface area contributed by atoms with Gasteiger partial charge in [0.2, 0.25) is 5.91 Å². The van der Waals surface area contributed by atoms with E-state index in [1.807, 2.05) is 0 Å². The van der Waals surface area contributed by atoms with E-state index in [4.69, 9.17) is 4.74 Å². The number of esters is 2. The fraction of sp³-hybridized carbons (Fsp3) is 0.800. The molecular weight excluding hydrogens is 274 g/mol. The number of hydrogen-bond acceptors (Lipinski definition) is 5. The van der Waals surface area contributed by atoms with Gasteiger partial charge in [-0.05, 0) is 34.6 Å². The molecular formula is C15H27NO5. The monoisotopic (exact) mass is 301 g/mol. The van der Waals surface area contributed by atoms with Crippen molar-refractivity contribution < 1.29 is 23.9 Å². The van der Waals surface area contributed by atoms with Crippen molar-refractivity contribution in [1.82, 2.24) is 5.32 Å². The van der Waals surface area contributed by atoms with E-state index < -0.39 is 34.4 Å². The first kappa shape index (κ1) is 19.4. The lowest BCUT2D eigenvalue weighted by atomic mass is 9.87. The zero-order valence-corrected chi connectivity index (χ0v) is 14.2. The largest absolute Gasteiger partial charge is 0.467 e. The average molecular weight is 301 g/mol. The van der Waals surface area contributed by atoms with Gasteiger partial charge in [0.05, 0.1) is 18.9 Å². The molecule has 6 nitrogen and oxygen atoms in total. The molecule has 0 aromatic rings. The van der Waals surface area contributed by atoms with Crippen molar-refractivity contribution >= 4 is 17.8 Å². The normalized spacial score (nSPS) is 12.6. The Hall–Kier alpha value is -1.59. The molecule has 122 valence electrons. The molecule has 1 amide bonds. The average Bonchev–Trinajstić information content (AvgIpc) is 2.23. The molecule has 0 unspecified atom stereocenters. The van der Waals surface area contributed by atoms with Gasteiger partial charge in [0.15, 0.2) is 0 Å². The Bertz CT molecular complexity index is 418. The molecule has 1 N–H and O–H groups in total. The minimum Gasteiger partial charge on any atom is -0.467 e. The van der Waals surface area contributed by atoms with Crippen LogP contribution in [-0.4, -0.2) is 36.1 Å². The summed E-state index contributed by atoms with van der Waals surface area (Å²) in [6.45, 7) is 11.6. The predicted molar refractivity (Wildman–Crippen MR) is 78.5 cm³/mol. The van der Waals surface area contributed by atoms with Gasteiger partial charge in [-0.25, -0.2) is 4.79 Å². The number of methoxy groups -OCH3 is 1. The van der Waals surface area contributed by atoms with Crippen LogP contribution in [0, 0.1) is 5.41 Å². The summed E-state index contributed by atoms with van der Waals surface area (Å²) < 4.78 is 9.84. The Balaban J connectivity index is 4.81. The van der Waals surface area contributed by atoms with E-state index in [0.29, 0.717) is 0 Å². The smallest absolute Gasteiger partial charge is 0.330 e. The van der Waals surface area contributed by atoms with Crippen LogP contribution in [0.5, 0.6) is 0 Å². The van der Waals surface area contributed by atoms with Crippen molar-refractivity contribution in [1.29, 1.82) is 0 Å². The highest BCUT2D eigenvalue weighted by molar-refractivity contribution is 5.91. The van der Waals surface area contributed by atoms with Gasteiger partial charge in [-0.15, -0.1) is 0 Å². The van der Waals surface area contributed by atoms with Gasteiger partial charge in [0.25, 0.3) is 0 Å². The van der Waals surface area contributed by atoms with Crippen molar-refractivity contribution in [2.24, 2.45) is 5.41 Å². The molecule has 0 heterocycles. The number of amides is 1. The SMILES string of the molecule is COC(=O)C(C)(C)NC(=O)C(C)(C)CC(=O)OC(C)(C)C. The summed E-state index contributed by atoms with van der Waals surface area (Å²) in [5.74, 6) is -1.42. The van der Waals surface area contributed by atoms with Gasteiger partial charge in [-0.2, -0.15) is 0 Å². The molecule has 0 saturated carbocycles. The third-order valence-electron chi connectivity index (χ3n) is 2.74. The van der Waals surface area contributed by atoms with Gasteiger partial charge in [0.1, 0.15) is 11.1 Å². The molecule has 0 atom stereocenters. The lowest BCUT2D eigenvalue weighted by Gasteiger charge is -2.30. The van der Waals surface area contributed by atoms with E-state index in [0.717, 1.165) is 0 Å². The van der Waals surface area contributed by atoms with Crippen molar-refractivity contribution in [3.63, 3.8) is 0 Å². The van der Waals surface area contributed by atoms with E-state index in [-0.39, 0.29) is 6.42 Å². The highest BCUT2D eigenvalue weighted by Gasteiger charge is 2.38. The van der Waals surface area contributed by atoms with Gasteiger partial charge >= 0.3 is 11.9 Å². The Morgan fingerprint density at radius 1 is 0.952 bits per heavy atom. The first-order chi connectivity index (χ1) is 9.21. The summed E-state index contributed by atoms with van der Waals surface area (Å²) in [5.41, 5.74) is -2.75. The van der Waals surface area contributed by atoms with Crippen LogP contribution in [0.1, 0.15) is 54.9 Å². The summed E-state index contributed by atoms with van der Waals surface area (Å²) in [6.07, 6.45) is -0.0760. The van der Waals surface area contributed by atoms with Crippen LogP contribution in [0.4, 0.5) is 0 Å². The summed E-state index contributed by atoms with van der Waals surface area (Å²) in [4.78, 5) is 35.7. The van der Waals surface area contributed by atoms with Crippen molar-refractivity contribution in [3.05, 3.63) is 0 Å². The summed E-state index contributed by atoms with van der Waals surface area (Å²) in [5, 5.41) is 2.59. The van der Waals surface area contributed by atoms with Gasteiger partial charge in [-0.3, -0.25) is 9.59 Å². The fourth-order valence-corrected chi connectivity index (χ4v) is 1.58. The molecule has 0 aliphatic carbocycles. The molecule has 0 aromatic carbocycles. The number of ether oxygens (including phenoxy) is 2. The lowest BCUT2D eigenvalue weighted by molar-refractivity contribution is -0.160. The number of carbonyl (C=O) groups is 3. The van der Waals surface area contributed by atoms with E-state index in [1.54, 1.807) is 48.5 Å². The molecule has 0 radical (unpaired) electrons. The second-order valence-electron chi connectivity index (χ2n) is 7.22. The van der Waals surface area contributed by atoms with Crippen LogP contribution in [0.25, 0.3) is 0 Å². The number of carbonyl (C=O) groups excluding carboxylic acids is 3. The highest BCUT2D eigenvalue weighted by atomic mass is 16.6. The van der Waals surface area contributed by atoms with Crippen LogP contribution in [0.2, 0.25) is 0 Å². The topological polar surface area (TPSA) is 81.7 Å². The Morgan fingerprint density at radius 3 is 1.81 bits per heavy atom. The molecule has 6 heteroatoms. The predicted octanol–water partition coefficient (Wildman–Crippen LogP) is 1.81.